The van der Waals surface area contributed by atoms with Crippen molar-refractivity contribution in [1.29, 1.82) is 0 Å². The van der Waals surface area contributed by atoms with E-state index in [1.54, 1.807) is 7.11 Å². The van der Waals surface area contributed by atoms with Crippen LogP contribution in [0.4, 0.5) is 0 Å². The molecule has 6 heteroatoms. The van der Waals surface area contributed by atoms with E-state index in [0.717, 1.165) is 38.3 Å². The second-order valence-corrected chi connectivity index (χ2v) is 4.46. The molecule has 0 spiro atoms. The zero-order chi connectivity index (χ0) is 12.1. The maximum atomic E-state index is 5.86. The number of nitrogens with two attached hydrogens (primary N) is 1. The van der Waals surface area contributed by atoms with Crippen molar-refractivity contribution in [3.63, 3.8) is 0 Å². The Morgan fingerprint density at radius 3 is 2.94 bits per heavy atom. The minimum atomic E-state index is 0.353. The van der Waals surface area contributed by atoms with E-state index in [1.807, 2.05) is 0 Å². The summed E-state index contributed by atoms with van der Waals surface area (Å²) in [6.45, 7) is 3.37. The van der Waals surface area contributed by atoms with Crippen LogP contribution in [0, 0.1) is 0 Å². The van der Waals surface area contributed by atoms with Crippen molar-refractivity contribution in [3.05, 3.63) is 11.7 Å². The Hall–Kier alpha value is -0.980. The first-order chi connectivity index (χ1) is 8.28. The topological polar surface area (TPSA) is 77.4 Å². The number of nitrogens with zero attached hydrogens (tertiary/aromatic N) is 3. The van der Waals surface area contributed by atoms with Gasteiger partial charge < -0.3 is 15.0 Å². The zero-order valence-corrected chi connectivity index (χ0v) is 10.3. The first-order valence-corrected chi connectivity index (χ1v) is 6.06. The van der Waals surface area contributed by atoms with E-state index in [4.69, 9.17) is 15.0 Å². The number of hydrogen-bond donors (Lipinski definition) is 1. The third-order valence-corrected chi connectivity index (χ3v) is 3.03. The van der Waals surface area contributed by atoms with E-state index in [2.05, 4.69) is 15.0 Å². The molecule has 1 fully saturated rings. The van der Waals surface area contributed by atoms with Crippen molar-refractivity contribution in [2.24, 2.45) is 5.73 Å². The van der Waals surface area contributed by atoms with Gasteiger partial charge in [-0.1, -0.05) is 5.16 Å². The van der Waals surface area contributed by atoms with Gasteiger partial charge in [0.2, 0.25) is 5.89 Å². The molecule has 1 aromatic heterocycles. The molecule has 1 aromatic rings. The molecule has 1 saturated heterocycles. The monoisotopic (exact) mass is 240 g/mol. The van der Waals surface area contributed by atoms with Crippen molar-refractivity contribution >= 4 is 0 Å². The summed E-state index contributed by atoms with van der Waals surface area (Å²) in [7, 11) is 1.66. The highest BCUT2D eigenvalue weighted by Crippen LogP contribution is 2.11. The predicted octanol–water partition coefficient (Wildman–Crippen LogP) is 0.182. The minimum Gasteiger partial charge on any atom is -0.384 e. The van der Waals surface area contributed by atoms with Crippen LogP contribution >= 0.6 is 0 Å². The van der Waals surface area contributed by atoms with Crippen molar-refractivity contribution in [1.82, 2.24) is 15.0 Å². The van der Waals surface area contributed by atoms with Crippen LogP contribution in [0.3, 0.4) is 0 Å². The van der Waals surface area contributed by atoms with Gasteiger partial charge in [-0.05, 0) is 12.8 Å². The van der Waals surface area contributed by atoms with E-state index in [-0.39, 0.29) is 0 Å². The fraction of sp³-hybridized carbons (Fsp3) is 0.818. The van der Waals surface area contributed by atoms with Crippen LogP contribution in [0.25, 0.3) is 0 Å². The zero-order valence-electron chi connectivity index (χ0n) is 10.3. The first kappa shape index (κ1) is 12.5. The van der Waals surface area contributed by atoms with Crippen LogP contribution in [0.2, 0.25) is 0 Å². The van der Waals surface area contributed by atoms with Crippen molar-refractivity contribution in [3.8, 4) is 0 Å². The van der Waals surface area contributed by atoms with Gasteiger partial charge in [-0.25, -0.2) is 0 Å². The van der Waals surface area contributed by atoms with Gasteiger partial charge in [-0.15, -0.1) is 0 Å². The van der Waals surface area contributed by atoms with Crippen LogP contribution in [-0.2, 0) is 17.7 Å². The summed E-state index contributed by atoms with van der Waals surface area (Å²) in [5.74, 6) is 1.40. The molecule has 2 N–H and O–H groups in total. The lowest BCUT2D eigenvalue weighted by Gasteiger charge is -2.28. The highest BCUT2D eigenvalue weighted by Gasteiger charge is 2.18. The first-order valence-electron chi connectivity index (χ1n) is 6.06. The fourth-order valence-electron chi connectivity index (χ4n) is 1.95. The van der Waals surface area contributed by atoms with Gasteiger partial charge in [0.05, 0.1) is 13.2 Å². The van der Waals surface area contributed by atoms with Gasteiger partial charge in [0.25, 0.3) is 0 Å². The summed E-state index contributed by atoms with van der Waals surface area (Å²) >= 11 is 0. The summed E-state index contributed by atoms with van der Waals surface area (Å²) in [4.78, 5) is 6.63. The third-order valence-electron chi connectivity index (χ3n) is 3.03. The lowest BCUT2D eigenvalue weighted by Crippen LogP contribution is -2.39. The average molecular weight is 240 g/mol. The molecule has 0 radical (unpaired) electrons. The molecule has 1 aliphatic rings. The summed E-state index contributed by atoms with van der Waals surface area (Å²) < 4.78 is 10.2. The predicted molar refractivity (Wildman–Crippen MR) is 62.4 cm³/mol. The van der Waals surface area contributed by atoms with Gasteiger partial charge in [-0.2, -0.15) is 4.98 Å². The Morgan fingerprint density at radius 1 is 1.47 bits per heavy atom. The average Bonchev–Trinajstić information content (AvgIpc) is 2.77. The number of likely N-dealkylation sites (tertiary alicyclic amines) is 1. The van der Waals surface area contributed by atoms with Gasteiger partial charge in [0, 0.05) is 32.7 Å². The number of aromatic nitrogens is 2. The summed E-state index contributed by atoms with van der Waals surface area (Å²) in [6, 6.07) is 0.353. The lowest BCUT2D eigenvalue weighted by atomic mass is 10.1. The lowest BCUT2D eigenvalue weighted by molar-refractivity contribution is 0.181. The maximum absolute atomic E-state index is 5.86. The van der Waals surface area contributed by atoms with Crippen LogP contribution in [-0.4, -0.2) is 47.9 Å². The molecular weight excluding hydrogens is 220 g/mol. The molecule has 17 heavy (non-hydrogen) atoms. The van der Waals surface area contributed by atoms with Gasteiger partial charge in [-0.3, -0.25) is 4.90 Å². The number of ether oxygens (including phenoxy) is 1. The normalized spacial score (nSPS) is 18.7. The second-order valence-electron chi connectivity index (χ2n) is 4.46. The number of rotatable bonds is 5. The molecule has 0 amide bonds. The quantitative estimate of drug-likeness (QED) is 0.791. The molecule has 96 valence electrons. The molecule has 1 aliphatic heterocycles. The number of piperidine rings is 1. The Kier molecular flexibility index (Phi) is 4.47. The molecule has 0 aliphatic carbocycles. The molecular formula is C11H20N4O2. The minimum absolute atomic E-state index is 0.353. The van der Waals surface area contributed by atoms with Crippen LogP contribution in [0.5, 0.6) is 0 Å². The molecule has 2 rings (SSSR count). The van der Waals surface area contributed by atoms with Crippen LogP contribution < -0.4 is 5.73 Å². The fourth-order valence-corrected chi connectivity index (χ4v) is 1.95. The standard InChI is InChI=1S/C11H20N4O2/c1-16-7-4-10-13-11(17-14-10)8-15-5-2-9(12)3-6-15/h9H,2-8,12H2,1H3. The van der Waals surface area contributed by atoms with Gasteiger partial charge in [0.15, 0.2) is 5.82 Å². The maximum Gasteiger partial charge on any atom is 0.240 e. The second kappa shape index (κ2) is 6.09. The van der Waals surface area contributed by atoms with Crippen LogP contribution in [0.15, 0.2) is 4.52 Å². The largest absolute Gasteiger partial charge is 0.384 e. The molecule has 0 unspecified atom stereocenters. The highest BCUT2D eigenvalue weighted by molar-refractivity contribution is 4.87. The Balaban J connectivity index is 1.80. The third kappa shape index (κ3) is 3.76. The van der Waals surface area contributed by atoms with Crippen molar-refractivity contribution < 1.29 is 9.26 Å². The molecule has 2 heterocycles. The Labute approximate surface area is 101 Å². The molecule has 0 aromatic carbocycles. The van der Waals surface area contributed by atoms with E-state index < -0.39 is 0 Å². The van der Waals surface area contributed by atoms with E-state index >= 15 is 0 Å². The number of methoxy groups -OCH3 is 1. The van der Waals surface area contributed by atoms with E-state index in [9.17, 15) is 0 Å². The summed E-state index contributed by atoms with van der Waals surface area (Å²) in [6.07, 6.45) is 2.79. The van der Waals surface area contributed by atoms with Crippen molar-refractivity contribution in [2.75, 3.05) is 26.8 Å². The molecule has 0 saturated carbocycles. The molecule has 0 bridgehead atoms. The Bertz CT molecular complexity index is 334. The summed E-state index contributed by atoms with van der Waals surface area (Å²) in [5, 5.41) is 3.92. The smallest absolute Gasteiger partial charge is 0.240 e. The Morgan fingerprint density at radius 2 is 2.24 bits per heavy atom. The summed E-state index contributed by atoms with van der Waals surface area (Å²) in [5.41, 5.74) is 5.86. The van der Waals surface area contributed by atoms with Gasteiger partial charge in [0.1, 0.15) is 0 Å². The molecule has 0 atom stereocenters. The SMILES string of the molecule is COCCc1noc(CN2CCC(N)CC2)n1. The van der Waals surface area contributed by atoms with Crippen molar-refractivity contribution in [2.45, 2.75) is 31.8 Å². The number of hydrogen-bond acceptors (Lipinski definition) is 6. The van der Waals surface area contributed by atoms with Crippen LogP contribution in [0.1, 0.15) is 24.6 Å². The van der Waals surface area contributed by atoms with E-state index in [0.29, 0.717) is 25.0 Å². The van der Waals surface area contributed by atoms with Gasteiger partial charge >= 0.3 is 0 Å². The molecule has 6 nitrogen and oxygen atoms in total. The highest BCUT2D eigenvalue weighted by atomic mass is 16.5. The van der Waals surface area contributed by atoms with E-state index in [1.165, 1.54) is 0 Å².